The highest BCUT2D eigenvalue weighted by Gasteiger charge is 2.49. The van der Waals surface area contributed by atoms with Gasteiger partial charge in [-0.3, -0.25) is 4.79 Å². The van der Waals surface area contributed by atoms with E-state index in [1.165, 1.54) is 21.2 Å². The van der Waals surface area contributed by atoms with Crippen LogP contribution in [0.3, 0.4) is 0 Å². The number of carbonyl (C=O) groups is 3. The van der Waals surface area contributed by atoms with Gasteiger partial charge in [-0.25, -0.2) is 4.79 Å². The molecule has 0 saturated heterocycles. The highest BCUT2D eigenvalue weighted by molar-refractivity contribution is 8.04. The highest BCUT2D eigenvalue weighted by Crippen LogP contribution is 2.28. The van der Waals surface area contributed by atoms with Gasteiger partial charge in [0.05, 0.1) is 6.54 Å². The zero-order valence-corrected chi connectivity index (χ0v) is 16.8. The number of aryl methyl sites for hydroxylation is 2. The van der Waals surface area contributed by atoms with Gasteiger partial charge in [0.15, 0.2) is 11.8 Å². The molecule has 2 aliphatic heterocycles. The lowest BCUT2D eigenvalue weighted by molar-refractivity contribution is -0.426. The number of benzene rings is 1. The molecule has 0 fully saturated rings. The van der Waals surface area contributed by atoms with Crippen LogP contribution in [0.25, 0.3) is 0 Å². The first kappa shape index (κ1) is 19.4. The van der Waals surface area contributed by atoms with Crippen LogP contribution in [0.4, 0.5) is 10.5 Å². The molecule has 0 saturated carbocycles. The van der Waals surface area contributed by atoms with Gasteiger partial charge in [-0.1, -0.05) is 31.5 Å². The Kier molecular flexibility index (Phi) is 5.51. The number of nitrogens with zero attached hydrogens (tertiary/aromatic N) is 2. The molecule has 27 heavy (non-hydrogen) atoms. The molecule has 1 unspecified atom stereocenters. The fraction of sp³-hybridized carbons (Fsp3) is 0.400. The number of hydrogen-bond donors (Lipinski definition) is 1. The number of thioether (sulfide) groups is 1. The molecule has 142 valence electrons. The summed E-state index contributed by atoms with van der Waals surface area (Å²) in [6.07, 6.45) is 1.75. The molecule has 3 rings (SSSR count). The van der Waals surface area contributed by atoms with E-state index < -0.39 is 11.3 Å². The third-order valence-corrected chi connectivity index (χ3v) is 5.50. The van der Waals surface area contributed by atoms with Crippen LogP contribution in [-0.2, 0) is 9.59 Å². The number of anilines is 1. The van der Waals surface area contributed by atoms with Gasteiger partial charge in [0.1, 0.15) is 5.71 Å². The van der Waals surface area contributed by atoms with Crippen LogP contribution in [0.15, 0.2) is 29.7 Å². The Morgan fingerprint density at radius 3 is 2.70 bits per heavy atom. The van der Waals surface area contributed by atoms with Gasteiger partial charge in [-0.05, 0) is 42.9 Å². The van der Waals surface area contributed by atoms with Gasteiger partial charge < -0.3 is 5.32 Å². The van der Waals surface area contributed by atoms with E-state index in [1.807, 2.05) is 45.9 Å². The van der Waals surface area contributed by atoms with Crippen LogP contribution in [0.5, 0.6) is 0 Å². The topological polar surface area (TPSA) is 69.5 Å². The summed E-state index contributed by atoms with van der Waals surface area (Å²) >= 11 is 1.37. The van der Waals surface area contributed by atoms with Crippen LogP contribution in [-0.4, -0.2) is 51.4 Å². The Morgan fingerprint density at radius 1 is 1.30 bits per heavy atom. The molecular formula is C20H24N3O3S+. The maximum atomic E-state index is 12.9. The maximum Gasteiger partial charge on any atom is 0.501 e. The molecular weight excluding hydrogens is 362 g/mol. The number of imide groups is 1. The Labute approximate surface area is 163 Å². The highest BCUT2D eigenvalue weighted by atomic mass is 32.2. The first-order valence-corrected chi connectivity index (χ1v) is 9.91. The van der Waals surface area contributed by atoms with Crippen molar-refractivity contribution in [2.45, 2.75) is 32.9 Å². The second-order valence-corrected chi connectivity index (χ2v) is 8.34. The average Bonchev–Trinajstić information content (AvgIpc) is 3.07. The Hall–Kier alpha value is -2.41. The van der Waals surface area contributed by atoms with Crippen molar-refractivity contribution in [1.29, 1.82) is 0 Å². The zero-order chi connectivity index (χ0) is 19.7. The molecule has 6 nitrogen and oxygen atoms in total. The van der Waals surface area contributed by atoms with E-state index in [2.05, 4.69) is 5.32 Å². The number of allylic oxidation sites excluding steroid dienone is 1. The zero-order valence-electron chi connectivity index (χ0n) is 16.0. The maximum absolute atomic E-state index is 12.9. The van der Waals surface area contributed by atoms with Gasteiger partial charge in [-0.15, -0.1) is 11.8 Å². The minimum atomic E-state index is -0.449. The van der Waals surface area contributed by atoms with Crippen LogP contribution >= 0.6 is 11.8 Å². The fourth-order valence-corrected chi connectivity index (χ4v) is 4.20. The van der Waals surface area contributed by atoms with E-state index in [0.717, 1.165) is 16.8 Å². The summed E-state index contributed by atoms with van der Waals surface area (Å²) in [5, 5.41) is 4.23. The first-order chi connectivity index (χ1) is 12.8. The molecule has 7 heteroatoms. The lowest BCUT2D eigenvalue weighted by Crippen LogP contribution is -2.57. The van der Waals surface area contributed by atoms with Crippen molar-refractivity contribution in [2.24, 2.45) is 5.92 Å². The van der Waals surface area contributed by atoms with Crippen LogP contribution < -0.4 is 5.32 Å². The third kappa shape index (κ3) is 3.98. The minimum absolute atomic E-state index is 0.120. The van der Waals surface area contributed by atoms with Crippen molar-refractivity contribution in [3.8, 4) is 0 Å². The lowest BCUT2D eigenvalue weighted by atomic mass is 10.1. The number of fused-ring (bicyclic) bond motifs is 1. The van der Waals surface area contributed by atoms with E-state index >= 15 is 0 Å². The molecule has 0 radical (unpaired) electrons. The van der Waals surface area contributed by atoms with Crippen LogP contribution in [0, 0.1) is 19.8 Å². The standard InChI is InChI=1S/C20H23N3O3S/c1-12(2)10-23-19(25)18-16(7-8-27-18)22(20(23)26)11-17(24)21-15-6-5-13(3)9-14(15)4/h5-9,12,18H,10-11H2,1-4H3/p+1. The van der Waals surface area contributed by atoms with E-state index in [0.29, 0.717) is 12.3 Å². The number of amides is 4. The third-order valence-electron chi connectivity index (χ3n) is 4.49. The molecule has 1 N–H and O–H groups in total. The van der Waals surface area contributed by atoms with Crippen LogP contribution in [0.1, 0.15) is 25.0 Å². The second-order valence-electron chi connectivity index (χ2n) is 7.32. The Balaban J connectivity index is 1.83. The first-order valence-electron chi connectivity index (χ1n) is 8.96. The van der Waals surface area contributed by atoms with Gasteiger partial charge in [0.25, 0.3) is 5.91 Å². The fourth-order valence-electron chi connectivity index (χ4n) is 3.23. The van der Waals surface area contributed by atoms with Crippen molar-refractivity contribution < 1.29 is 19.0 Å². The molecule has 0 bridgehead atoms. The molecule has 0 aliphatic carbocycles. The van der Waals surface area contributed by atoms with Gasteiger partial charge in [0, 0.05) is 5.69 Å². The molecule has 2 heterocycles. The summed E-state index contributed by atoms with van der Waals surface area (Å²) in [5.41, 5.74) is 3.40. The van der Waals surface area contributed by atoms with E-state index in [9.17, 15) is 14.4 Å². The number of rotatable bonds is 5. The van der Waals surface area contributed by atoms with E-state index in [4.69, 9.17) is 0 Å². The quantitative estimate of drug-likeness (QED) is 0.790. The number of hydrogen-bond acceptors (Lipinski definition) is 4. The van der Waals surface area contributed by atoms with Gasteiger partial charge >= 0.3 is 11.9 Å². The van der Waals surface area contributed by atoms with Crippen LogP contribution in [0.2, 0.25) is 0 Å². The van der Waals surface area contributed by atoms with Gasteiger partial charge in [0.2, 0.25) is 0 Å². The Morgan fingerprint density at radius 2 is 2.04 bits per heavy atom. The summed E-state index contributed by atoms with van der Waals surface area (Å²) < 4.78 is 1.42. The van der Waals surface area contributed by atoms with Gasteiger partial charge in [-0.2, -0.15) is 14.3 Å². The van der Waals surface area contributed by atoms with Crippen molar-refractivity contribution in [3.05, 3.63) is 40.8 Å². The summed E-state index contributed by atoms with van der Waals surface area (Å²) in [5.74, 6) is -0.333. The number of nitrogens with one attached hydrogen (secondary N) is 1. The van der Waals surface area contributed by atoms with Crippen molar-refractivity contribution in [3.63, 3.8) is 0 Å². The normalized spacial score (nSPS) is 19.1. The summed E-state index contributed by atoms with van der Waals surface area (Å²) in [6, 6.07) is 5.35. The van der Waals surface area contributed by atoms with E-state index in [-0.39, 0.29) is 24.3 Å². The molecule has 1 aromatic carbocycles. The van der Waals surface area contributed by atoms with Crippen molar-refractivity contribution in [2.75, 3.05) is 18.4 Å². The van der Waals surface area contributed by atoms with E-state index in [1.54, 1.807) is 11.5 Å². The smallest absolute Gasteiger partial charge is 0.322 e. The predicted molar refractivity (Wildman–Crippen MR) is 107 cm³/mol. The largest absolute Gasteiger partial charge is 0.501 e. The number of urea groups is 1. The molecule has 2 aliphatic rings. The average molecular weight is 386 g/mol. The summed E-state index contributed by atoms with van der Waals surface area (Å²) in [7, 11) is 0. The molecule has 4 amide bonds. The minimum Gasteiger partial charge on any atom is -0.322 e. The summed E-state index contributed by atoms with van der Waals surface area (Å²) in [4.78, 5) is 39.4. The SMILES string of the molecule is Cc1ccc(NC(=O)C[N+]2=C3C=CSC3C(=O)N(CC(C)C)C2=O)c(C)c1. The molecule has 1 atom stereocenters. The lowest BCUT2D eigenvalue weighted by Gasteiger charge is -2.25. The van der Waals surface area contributed by atoms with Crippen molar-refractivity contribution >= 4 is 41.0 Å². The van der Waals surface area contributed by atoms with Crippen molar-refractivity contribution in [1.82, 2.24) is 4.90 Å². The number of carbonyl (C=O) groups excluding carboxylic acids is 3. The molecule has 0 spiro atoms. The Bertz CT molecular complexity index is 873. The second kappa shape index (κ2) is 7.68. The monoisotopic (exact) mass is 386 g/mol. The molecule has 0 aromatic heterocycles. The molecule has 1 aromatic rings. The summed E-state index contributed by atoms with van der Waals surface area (Å²) in [6.45, 7) is 8.06. The predicted octanol–water partition coefficient (Wildman–Crippen LogP) is 2.94.